The Labute approximate surface area is 139 Å². The van der Waals surface area contributed by atoms with Gasteiger partial charge in [0, 0.05) is 24.0 Å². The molecule has 5 nitrogen and oxygen atoms in total. The van der Waals surface area contributed by atoms with E-state index in [1.807, 2.05) is 35.7 Å². The molecule has 23 heavy (non-hydrogen) atoms. The maximum Gasteiger partial charge on any atom is 0.317 e. The Balaban J connectivity index is 1.55. The SMILES string of the molecule is N#C[C@H]1CCCN(C(=O)NCc2csc(-c3ccccc3)n2)C1. The number of likely N-dealkylation sites (tertiary alicyclic amines) is 1. The molecule has 1 fully saturated rings. The number of urea groups is 1. The van der Waals surface area contributed by atoms with Crippen molar-refractivity contribution in [3.05, 3.63) is 41.4 Å². The van der Waals surface area contributed by atoms with Crippen LogP contribution in [0, 0.1) is 17.2 Å². The molecule has 1 aromatic carbocycles. The first kappa shape index (κ1) is 15.5. The van der Waals surface area contributed by atoms with E-state index in [9.17, 15) is 4.79 Å². The van der Waals surface area contributed by atoms with Crippen molar-refractivity contribution in [2.24, 2.45) is 5.92 Å². The van der Waals surface area contributed by atoms with E-state index in [1.165, 1.54) is 0 Å². The first-order valence-electron chi connectivity index (χ1n) is 7.68. The van der Waals surface area contributed by atoms with Crippen LogP contribution in [0.4, 0.5) is 4.79 Å². The number of thiazole rings is 1. The van der Waals surface area contributed by atoms with Crippen LogP contribution in [0.1, 0.15) is 18.5 Å². The summed E-state index contributed by atoms with van der Waals surface area (Å²) in [6.07, 6.45) is 1.77. The van der Waals surface area contributed by atoms with Crippen molar-refractivity contribution < 1.29 is 4.79 Å². The predicted octanol–water partition coefficient (Wildman–Crippen LogP) is 3.26. The monoisotopic (exact) mass is 326 g/mol. The van der Waals surface area contributed by atoms with Crippen molar-refractivity contribution in [1.29, 1.82) is 5.26 Å². The minimum absolute atomic E-state index is 0.0431. The zero-order valence-corrected chi connectivity index (χ0v) is 13.6. The quantitative estimate of drug-likeness (QED) is 0.941. The van der Waals surface area contributed by atoms with E-state index in [0.717, 1.165) is 35.7 Å². The number of hydrogen-bond acceptors (Lipinski definition) is 4. The van der Waals surface area contributed by atoms with Gasteiger partial charge in [-0.3, -0.25) is 0 Å². The molecule has 0 spiro atoms. The number of piperidine rings is 1. The number of rotatable bonds is 3. The Morgan fingerprint density at radius 2 is 2.26 bits per heavy atom. The average molecular weight is 326 g/mol. The second-order valence-electron chi connectivity index (χ2n) is 5.58. The minimum Gasteiger partial charge on any atom is -0.332 e. The summed E-state index contributed by atoms with van der Waals surface area (Å²) in [7, 11) is 0. The topological polar surface area (TPSA) is 69.0 Å². The predicted molar refractivity (Wildman–Crippen MR) is 89.7 cm³/mol. The van der Waals surface area contributed by atoms with Gasteiger partial charge in [-0.15, -0.1) is 11.3 Å². The van der Waals surface area contributed by atoms with E-state index >= 15 is 0 Å². The molecule has 1 atom stereocenters. The van der Waals surface area contributed by atoms with Crippen LogP contribution in [-0.2, 0) is 6.54 Å². The van der Waals surface area contributed by atoms with Crippen LogP contribution in [0.2, 0.25) is 0 Å². The fraction of sp³-hybridized carbons (Fsp3) is 0.353. The molecular formula is C17H18N4OS. The highest BCUT2D eigenvalue weighted by molar-refractivity contribution is 7.13. The van der Waals surface area contributed by atoms with Gasteiger partial charge < -0.3 is 10.2 Å². The molecule has 1 aliphatic rings. The number of carbonyl (C=O) groups excluding carboxylic acids is 1. The van der Waals surface area contributed by atoms with Crippen LogP contribution in [0.3, 0.4) is 0 Å². The first-order valence-corrected chi connectivity index (χ1v) is 8.56. The van der Waals surface area contributed by atoms with Gasteiger partial charge in [-0.2, -0.15) is 5.26 Å². The van der Waals surface area contributed by atoms with Crippen LogP contribution in [0.15, 0.2) is 35.7 Å². The molecule has 118 valence electrons. The van der Waals surface area contributed by atoms with Gasteiger partial charge in [-0.1, -0.05) is 30.3 Å². The van der Waals surface area contributed by atoms with E-state index < -0.39 is 0 Å². The van der Waals surface area contributed by atoms with Gasteiger partial charge in [0.1, 0.15) is 5.01 Å². The van der Waals surface area contributed by atoms with E-state index in [4.69, 9.17) is 5.26 Å². The third-order valence-electron chi connectivity index (χ3n) is 3.88. The maximum atomic E-state index is 12.2. The van der Waals surface area contributed by atoms with Crippen molar-refractivity contribution in [1.82, 2.24) is 15.2 Å². The van der Waals surface area contributed by atoms with Crippen molar-refractivity contribution >= 4 is 17.4 Å². The zero-order chi connectivity index (χ0) is 16.1. The summed E-state index contributed by atoms with van der Waals surface area (Å²) in [6, 6.07) is 12.1. The second kappa shape index (κ2) is 7.25. The summed E-state index contributed by atoms with van der Waals surface area (Å²) < 4.78 is 0. The minimum atomic E-state index is -0.112. The summed E-state index contributed by atoms with van der Waals surface area (Å²) >= 11 is 1.57. The Kier molecular flexibility index (Phi) is 4.89. The maximum absolute atomic E-state index is 12.2. The highest BCUT2D eigenvalue weighted by Crippen LogP contribution is 2.23. The van der Waals surface area contributed by atoms with Crippen LogP contribution in [-0.4, -0.2) is 29.0 Å². The Morgan fingerprint density at radius 1 is 1.43 bits per heavy atom. The van der Waals surface area contributed by atoms with Crippen molar-refractivity contribution in [3.63, 3.8) is 0 Å². The third-order valence-corrected chi connectivity index (χ3v) is 4.82. The van der Waals surface area contributed by atoms with Crippen LogP contribution < -0.4 is 5.32 Å². The van der Waals surface area contributed by atoms with Gasteiger partial charge in [-0.05, 0) is 12.8 Å². The molecule has 2 aromatic rings. The summed E-state index contributed by atoms with van der Waals surface area (Å²) in [5.74, 6) is -0.0431. The van der Waals surface area contributed by atoms with Crippen molar-refractivity contribution in [3.8, 4) is 16.6 Å². The fourth-order valence-corrected chi connectivity index (χ4v) is 3.47. The molecule has 0 radical (unpaired) electrons. The number of amides is 2. The van der Waals surface area contributed by atoms with Gasteiger partial charge in [0.15, 0.2) is 0 Å². The van der Waals surface area contributed by atoms with Crippen molar-refractivity contribution in [2.45, 2.75) is 19.4 Å². The summed E-state index contributed by atoms with van der Waals surface area (Å²) in [5.41, 5.74) is 1.94. The van der Waals surface area contributed by atoms with Gasteiger partial charge in [0.2, 0.25) is 0 Å². The molecule has 0 aliphatic carbocycles. The largest absolute Gasteiger partial charge is 0.332 e. The Bertz CT molecular complexity index is 707. The highest BCUT2D eigenvalue weighted by atomic mass is 32.1. The van der Waals surface area contributed by atoms with Crippen LogP contribution in [0.5, 0.6) is 0 Å². The van der Waals surface area contributed by atoms with Crippen LogP contribution >= 0.6 is 11.3 Å². The van der Waals surface area contributed by atoms with E-state index in [1.54, 1.807) is 16.2 Å². The van der Waals surface area contributed by atoms with Crippen LogP contribution in [0.25, 0.3) is 10.6 Å². The third kappa shape index (κ3) is 3.88. The molecule has 1 aromatic heterocycles. The lowest BCUT2D eigenvalue weighted by Gasteiger charge is -2.29. The normalized spacial score (nSPS) is 17.5. The standard InChI is InChI=1S/C17H18N4OS/c18-9-13-5-4-8-21(11-13)17(22)19-10-15-12-23-16(20-15)14-6-2-1-3-7-14/h1-3,6-7,12-13H,4-5,8,10-11H2,(H,19,22)/t13-/m1/s1. The second-order valence-corrected chi connectivity index (χ2v) is 6.44. The number of carbonyl (C=O) groups is 1. The Hall–Kier alpha value is -2.39. The number of nitrogens with one attached hydrogen (secondary N) is 1. The smallest absolute Gasteiger partial charge is 0.317 e. The lowest BCUT2D eigenvalue weighted by Crippen LogP contribution is -2.45. The molecule has 2 amide bonds. The van der Waals surface area contributed by atoms with Crippen molar-refractivity contribution in [2.75, 3.05) is 13.1 Å². The molecular weight excluding hydrogens is 308 g/mol. The lowest BCUT2D eigenvalue weighted by molar-refractivity contribution is 0.176. The Morgan fingerprint density at radius 3 is 3.04 bits per heavy atom. The first-order chi connectivity index (χ1) is 11.3. The molecule has 0 unspecified atom stereocenters. The van der Waals surface area contributed by atoms with Gasteiger partial charge in [0.25, 0.3) is 0 Å². The lowest BCUT2D eigenvalue weighted by atomic mass is 10.0. The van der Waals surface area contributed by atoms with E-state index in [0.29, 0.717) is 13.1 Å². The molecule has 0 saturated carbocycles. The van der Waals surface area contributed by atoms with Gasteiger partial charge in [-0.25, -0.2) is 9.78 Å². The number of benzene rings is 1. The number of aromatic nitrogens is 1. The molecule has 0 bridgehead atoms. The molecule has 1 saturated heterocycles. The van der Waals surface area contributed by atoms with E-state index in [-0.39, 0.29) is 11.9 Å². The number of hydrogen-bond donors (Lipinski definition) is 1. The fourth-order valence-electron chi connectivity index (χ4n) is 2.65. The molecule has 2 heterocycles. The summed E-state index contributed by atoms with van der Waals surface area (Å²) in [6.45, 7) is 1.65. The van der Waals surface area contributed by atoms with Gasteiger partial charge >= 0.3 is 6.03 Å². The number of nitrogens with zero attached hydrogens (tertiary/aromatic N) is 3. The molecule has 6 heteroatoms. The molecule has 1 N–H and O–H groups in total. The molecule has 1 aliphatic heterocycles. The summed E-state index contributed by atoms with van der Waals surface area (Å²) in [4.78, 5) is 18.5. The highest BCUT2D eigenvalue weighted by Gasteiger charge is 2.23. The number of nitriles is 1. The summed E-state index contributed by atoms with van der Waals surface area (Å²) in [5, 5.41) is 14.8. The zero-order valence-electron chi connectivity index (χ0n) is 12.7. The average Bonchev–Trinajstić information content (AvgIpc) is 3.09. The van der Waals surface area contributed by atoms with E-state index in [2.05, 4.69) is 16.4 Å². The molecule has 3 rings (SSSR count). The van der Waals surface area contributed by atoms with Gasteiger partial charge in [0.05, 0.1) is 24.2 Å².